The first-order valence-corrected chi connectivity index (χ1v) is 11.1. The Balaban J connectivity index is 2.01. The van der Waals surface area contributed by atoms with Crippen molar-refractivity contribution in [2.24, 2.45) is 0 Å². The zero-order valence-electron chi connectivity index (χ0n) is 16.6. The van der Waals surface area contributed by atoms with E-state index < -0.39 is 10.0 Å². The monoisotopic (exact) mass is 403 g/mol. The smallest absolute Gasteiger partial charge is 0.305 e. The summed E-state index contributed by atoms with van der Waals surface area (Å²) in [4.78, 5) is 11.5. The number of hydrogen-bond donors (Lipinski definition) is 1. The van der Waals surface area contributed by atoms with E-state index >= 15 is 0 Å². The lowest BCUT2D eigenvalue weighted by Crippen LogP contribution is -2.29. The molecule has 1 unspecified atom stereocenters. The highest BCUT2D eigenvalue weighted by atomic mass is 32.2. The molecule has 6 heteroatoms. The summed E-state index contributed by atoms with van der Waals surface area (Å²) in [6.07, 6.45) is 4.65. The molecule has 0 aliphatic heterocycles. The highest BCUT2D eigenvalue weighted by Crippen LogP contribution is 2.24. The molecule has 0 aliphatic carbocycles. The second-order valence-corrected chi connectivity index (χ2v) is 8.56. The van der Waals surface area contributed by atoms with E-state index in [9.17, 15) is 13.2 Å². The van der Waals surface area contributed by atoms with Crippen molar-refractivity contribution < 1.29 is 17.9 Å². The van der Waals surface area contributed by atoms with Crippen LogP contribution in [0.4, 0.5) is 0 Å². The molecular weight excluding hydrogens is 374 g/mol. The summed E-state index contributed by atoms with van der Waals surface area (Å²) in [5.41, 5.74) is 1.68. The largest absolute Gasteiger partial charge is 0.469 e. The minimum Gasteiger partial charge on any atom is -0.469 e. The van der Waals surface area contributed by atoms with E-state index in [2.05, 4.69) is 9.46 Å². The number of aryl methyl sites for hydroxylation is 1. The topological polar surface area (TPSA) is 72.5 Å². The molecule has 0 saturated carbocycles. The van der Waals surface area contributed by atoms with Gasteiger partial charge in [-0.3, -0.25) is 4.79 Å². The van der Waals surface area contributed by atoms with Crippen LogP contribution in [-0.2, 0) is 19.6 Å². The summed E-state index contributed by atoms with van der Waals surface area (Å²) in [6.45, 7) is 1.80. The summed E-state index contributed by atoms with van der Waals surface area (Å²) < 4.78 is 33.4. The second kappa shape index (κ2) is 11.0. The Labute approximate surface area is 168 Å². The van der Waals surface area contributed by atoms with E-state index in [0.717, 1.165) is 36.8 Å². The Morgan fingerprint density at radius 3 is 2.29 bits per heavy atom. The number of methoxy groups -OCH3 is 1. The number of sulfonamides is 1. The number of hydrogen-bond acceptors (Lipinski definition) is 4. The predicted molar refractivity (Wildman–Crippen MR) is 110 cm³/mol. The zero-order chi connectivity index (χ0) is 20.4. The Hall–Kier alpha value is -2.18. The number of carbonyl (C=O) groups is 1. The van der Waals surface area contributed by atoms with Gasteiger partial charge in [-0.15, -0.1) is 0 Å². The maximum absolute atomic E-state index is 12.9. The average molecular weight is 404 g/mol. The standard InChI is InChI=1S/C22H29NO4S/c1-18-12-10-11-16-21(18)28(25,26)23-20(19-13-6-5-7-14-19)15-8-3-4-9-17-22(24)27-2/h5-7,10-14,16,20,23H,3-4,8-9,15,17H2,1-2H3. The quantitative estimate of drug-likeness (QED) is 0.442. The van der Waals surface area contributed by atoms with E-state index in [4.69, 9.17) is 0 Å². The molecule has 28 heavy (non-hydrogen) atoms. The minimum absolute atomic E-state index is 0.187. The molecule has 5 nitrogen and oxygen atoms in total. The van der Waals surface area contributed by atoms with Crippen molar-refractivity contribution in [3.05, 3.63) is 65.7 Å². The first-order chi connectivity index (χ1) is 13.4. The third-order valence-corrected chi connectivity index (χ3v) is 6.37. The van der Waals surface area contributed by atoms with Crippen LogP contribution in [0.5, 0.6) is 0 Å². The lowest BCUT2D eigenvalue weighted by Gasteiger charge is -2.20. The maximum Gasteiger partial charge on any atom is 0.305 e. The summed E-state index contributed by atoms with van der Waals surface area (Å²) in [5, 5.41) is 0. The molecule has 0 saturated heterocycles. The fraction of sp³-hybridized carbons (Fsp3) is 0.409. The number of ether oxygens (including phenoxy) is 1. The molecule has 0 bridgehead atoms. The van der Waals surface area contributed by atoms with Crippen LogP contribution in [0.2, 0.25) is 0 Å². The van der Waals surface area contributed by atoms with Gasteiger partial charge in [0.25, 0.3) is 0 Å². The molecule has 2 aromatic carbocycles. The average Bonchev–Trinajstić information content (AvgIpc) is 2.70. The highest BCUT2D eigenvalue weighted by Gasteiger charge is 2.22. The van der Waals surface area contributed by atoms with Gasteiger partial charge in [-0.25, -0.2) is 13.1 Å². The SMILES string of the molecule is COC(=O)CCCCCCC(NS(=O)(=O)c1ccccc1C)c1ccccc1. The van der Waals surface area contributed by atoms with Crippen LogP contribution in [0.3, 0.4) is 0 Å². The molecule has 152 valence electrons. The van der Waals surface area contributed by atoms with Crippen LogP contribution < -0.4 is 4.72 Å². The van der Waals surface area contributed by atoms with Crippen LogP contribution in [0.15, 0.2) is 59.5 Å². The van der Waals surface area contributed by atoms with E-state index in [-0.39, 0.29) is 12.0 Å². The van der Waals surface area contributed by atoms with E-state index in [1.165, 1.54) is 7.11 Å². The number of benzene rings is 2. The van der Waals surface area contributed by atoms with E-state index in [1.54, 1.807) is 25.1 Å². The molecule has 0 amide bonds. The van der Waals surface area contributed by atoms with Gasteiger partial charge in [-0.1, -0.05) is 67.8 Å². The van der Waals surface area contributed by atoms with Crippen molar-refractivity contribution >= 4 is 16.0 Å². The van der Waals surface area contributed by atoms with Gasteiger partial charge in [0.1, 0.15) is 0 Å². The fourth-order valence-electron chi connectivity index (χ4n) is 3.16. The molecule has 0 heterocycles. The Morgan fingerprint density at radius 2 is 1.61 bits per heavy atom. The van der Waals surface area contributed by atoms with Gasteiger partial charge in [0.2, 0.25) is 10.0 Å². The lowest BCUT2D eigenvalue weighted by molar-refractivity contribution is -0.140. The molecular formula is C22H29NO4S. The number of carbonyl (C=O) groups excluding carboxylic acids is 1. The van der Waals surface area contributed by atoms with Gasteiger partial charge < -0.3 is 4.74 Å². The molecule has 0 radical (unpaired) electrons. The zero-order valence-corrected chi connectivity index (χ0v) is 17.4. The molecule has 0 aliphatic rings. The van der Waals surface area contributed by atoms with Gasteiger partial charge in [-0.05, 0) is 37.0 Å². The molecule has 2 aromatic rings. The van der Waals surface area contributed by atoms with Gasteiger partial charge in [0, 0.05) is 12.5 Å². The van der Waals surface area contributed by atoms with E-state index in [1.807, 2.05) is 36.4 Å². The first kappa shape index (κ1) is 22.1. The molecule has 1 N–H and O–H groups in total. The normalized spacial score (nSPS) is 12.5. The van der Waals surface area contributed by atoms with Crippen molar-refractivity contribution in [1.29, 1.82) is 0 Å². The van der Waals surface area contributed by atoms with Crippen LogP contribution in [0, 0.1) is 6.92 Å². The number of unbranched alkanes of at least 4 members (excludes halogenated alkanes) is 3. The van der Waals surface area contributed by atoms with Gasteiger partial charge in [0.15, 0.2) is 0 Å². The Kier molecular flexibility index (Phi) is 8.67. The van der Waals surface area contributed by atoms with Crippen molar-refractivity contribution in [1.82, 2.24) is 4.72 Å². The minimum atomic E-state index is -3.61. The van der Waals surface area contributed by atoms with Gasteiger partial charge in [0.05, 0.1) is 12.0 Å². The van der Waals surface area contributed by atoms with Crippen LogP contribution in [-0.4, -0.2) is 21.5 Å². The molecule has 0 fully saturated rings. The van der Waals surface area contributed by atoms with Gasteiger partial charge >= 0.3 is 5.97 Å². The summed E-state index contributed by atoms with van der Waals surface area (Å²) in [6, 6.07) is 16.4. The number of nitrogens with one attached hydrogen (secondary N) is 1. The second-order valence-electron chi connectivity index (χ2n) is 6.88. The summed E-state index contributed by atoms with van der Waals surface area (Å²) in [5.74, 6) is -0.187. The van der Waals surface area contributed by atoms with Gasteiger partial charge in [-0.2, -0.15) is 0 Å². The Morgan fingerprint density at radius 1 is 0.964 bits per heavy atom. The molecule has 0 aromatic heterocycles. The third-order valence-electron chi connectivity index (χ3n) is 4.73. The van der Waals surface area contributed by atoms with Crippen molar-refractivity contribution in [2.45, 2.75) is 56.4 Å². The van der Waals surface area contributed by atoms with Crippen LogP contribution >= 0.6 is 0 Å². The number of esters is 1. The van der Waals surface area contributed by atoms with Crippen molar-refractivity contribution in [3.8, 4) is 0 Å². The predicted octanol–water partition coefficient (Wildman–Crippen LogP) is 4.53. The Bertz CT molecular complexity index is 850. The summed E-state index contributed by atoms with van der Waals surface area (Å²) >= 11 is 0. The van der Waals surface area contributed by atoms with Crippen LogP contribution in [0.25, 0.3) is 0 Å². The van der Waals surface area contributed by atoms with E-state index in [0.29, 0.717) is 17.7 Å². The van der Waals surface area contributed by atoms with Crippen molar-refractivity contribution in [3.63, 3.8) is 0 Å². The van der Waals surface area contributed by atoms with Crippen LogP contribution in [0.1, 0.15) is 55.7 Å². The highest BCUT2D eigenvalue weighted by molar-refractivity contribution is 7.89. The third kappa shape index (κ3) is 6.77. The summed E-state index contributed by atoms with van der Waals surface area (Å²) in [7, 11) is -2.22. The first-order valence-electron chi connectivity index (χ1n) is 9.64. The van der Waals surface area contributed by atoms with Crippen molar-refractivity contribution in [2.75, 3.05) is 7.11 Å². The fourth-order valence-corrected chi connectivity index (χ4v) is 4.67. The number of rotatable bonds is 11. The molecule has 1 atom stereocenters. The molecule has 2 rings (SSSR count). The maximum atomic E-state index is 12.9. The lowest BCUT2D eigenvalue weighted by atomic mass is 10.0. The molecule has 0 spiro atoms.